The van der Waals surface area contributed by atoms with E-state index in [0.717, 1.165) is 43.0 Å². The zero-order valence-electron chi connectivity index (χ0n) is 37.1. The molecule has 338 valence electrons. The van der Waals surface area contributed by atoms with E-state index in [1.807, 2.05) is 27.7 Å². The van der Waals surface area contributed by atoms with Crippen LogP contribution in [0.5, 0.6) is 0 Å². The topological polar surface area (TPSA) is 175 Å². The van der Waals surface area contributed by atoms with Crippen LogP contribution in [-0.2, 0) is 44.7 Å². The SMILES string of the molecule is CCCC[C@@H](C)C[C@@H]1NC(=O)[C@H](Cc2ccccc2)N(C)C(=O)[C@H](CC(C)C)NC(=O)[C@H](CC(C)C)N(C)C(=O)[C@H](CC(F)(F)F)NC(=O)[C@@H](C)OC(=O)[C@H](C)N(C)C1=O. The first-order valence-electron chi connectivity index (χ1n) is 20.9. The van der Waals surface area contributed by atoms with E-state index in [1.54, 1.807) is 44.2 Å². The van der Waals surface area contributed by atoms with Crippen molar-refractivity contribution in [3.05, 3.63) is 35.9 Å². The summed E-state index contributed by atoms with van der Waals surface area (Å²) < 4.78 is 47.1. The third-order valence-electron chi connectivity index (χ3n) is 10.8. The van der Waals surface area contributed by atoms with Gasteiger partial charge in [0.2, 0.25) is 29.5 Å². The first-order chi connectivity index (χ1) is 27.9. The highest BCUT2D eigenvalue weighted by Crippen LogP contribution is 2.25. The number of carbonyl (C=O) groups excluding carboxylic acids is 7. The summed E-state index contributed by atoms with van der Waals surface area (Å²) in [7, 11) is 3.88. The third-order valence-corrected chi connectivity index (χ3v) is 10.8. The Morgan fingerprint density at radius 2 is 1.15 bits per heavy atom. The molecule has 0 aliphatic carbocycles. The van der Waals surface area contributed by atoms with Crippen molar-refractivity contribution in [1.29, 1.82) is 0 Å². The quantitative estimate of drug-likeness (QED) is 0.260. The second kappa shape index (κ2) is 23.3. The van der Waals surface area contributed by atoms with Crippen LogP contribution in [0.3, 0.4) is 0 Å². The van der Waals surface area contributed by atoms with Crippen LogP contribution in [-0.4, -0.2) is 126 Å². The highest BCUT2D eigenvalue weighted by Gasteiger charge is 2.43. The molecule has 6 amide bonds. The van der Waals surface area contributed by atoms with Crippen molar-refractivity contribution in [2.45, 2.75) is 155 Å². The number of cyclic esters (lactones) is 1. The van der Waals surface area contributed by atoms with Crippen LogP contribution in [0.2, 0.25) is 0 Å². The molecule has 1 aliphatic rings. The van der Waals surface area contributed by atoms with E-state index in [2.05, 4.69) is 16.0 Å². The summed E-state index contributed by atoms with van der Waals surface area (Å²) in [5.41, 5.74) is 0.697. The van der Waals surface area contributed by atoms with Crippen molar-refractivity contribution in [1.82, 2.24) is 30.7 Å². The summed E-state index contributed by atoms with van der Waals surface area (Å²) >= 11 is 0. The fraction of sp³-hybridized carbons (Fsp3) is 0.698. The molecule has 1 saturated heterocycles. The van der Waals surface area contributed by atoms with Crippen LogP contribution in [0.15, 0.2) is 30.3 Å². The highest BCUT2D eigenvalue weighted by molar-refractivity contribution is 5.97. The van der Waals surface area contributed by atoms with Gasteiger partial charge in [0.05, 0.1) is 6.42 Å². The lowest BCUT2D eigenvalue weighted by molar-refractivity contribution is -0.165. The second-order valence-electron chi connectivity index (χ2n) is 17.1. The van der Waals surface area contributed by atoms with Gasteiger partial charge < -0.3 is 35.4 Å². The van der Waals surface area contributed by atoms with Gasteiger partial charge in [-0.05, 0) is 56.4 Å². The molecule has 8 atom stereocenters. The van der Waals surface area contributed by atoms with Crippen LogP contribution in [0, 0.1) is 17.8 Å². The molecule has 3 N–H and O–H groups in total. The lowest BCUT2D eigenvalue weighted by atomic mass is 9.94. The lowest BCUT2D eigenvalue weighted by Crippen LogP contribution is -2.60. The van der Waals surface area contributed by atoms with Gasteiger partial charge in [0.25, 0.3) is 5.91 Å². The van der Waals surface area contributed by atoms with Crippen LogP contribution in [0.1, 0.15) is 106 Å². The normalized spacial score (nSPS) is 25.8. The molecule has 1 heterocycles. The molecule has 1 fully saturated rings. The van der Waals surface area contributed by atoms with Gasteiger partial charge in [0, 0.05) is 27.6 Å². The fourth-order valence-corrected chi connectivity index (χ4v) is 7.09. The molecule has 0 radical (unpaired) electrons. The number of nitrogens with one attached hydrogen (secondary N) is 3. The molecule has 1 aliphatic heterocycles. The highest BCUT2D eigenvalue weighted by atomic mass is 19.4. The largest absolute Gasteiger partial charge is 0.451 e. The first-order valence-corrected chi connectivity index (χ1v) is 20.9. The van der Waals surface area contributed by atoms with Gasteiger partial charge in [-0.15, -0.1) is 0 Å². The molecule has 17 heteroatoms. The standard InChI is InChI=1S/C43H67F3N6O8/c1-12-13-17-27(6)22-32-39(56)50(9)28(7)42(59)60-29(8)36(53)49-33(24-43(44,45)46)41(58)51(10)34(21-26(4)5)37(54)47-31(20-25(2)3)40(57)52(11)35(38(55)48-32)23-30-18-15-14-16-19-30/h14-16,18-19,25-29,31-35H,12-13,17,20-24H2,1-11H3,(H,47,54)(H,48,55)(H,49,53)/t27-,28+,29-,31+,32+,33+,34+,35+/m1/s1. The first kappa shape index (κ1) is 51.4. The summed E-state index contributed by atoms with van der Waals surface area (Å²) in [5.74, 6) is -6.84. The average molecular weight is 853 g/mol. The number of alkyl halides is 3. The molecule has 0 bridgehead atoms. The van der Waals surface area contributed by atoms with Crippen molar-refractivity contribution in [3.63, 3.8) is 0 Å². The number of unbranched alkanes of at least 4 members (excludes halogenated alkanes) is 1. The minimum atomic E-state index is -4.94. The molecule has 14 nitrogen and oxygen atoms in total. The molecule has 0 aromatic heterocycles. The van der Waals surface area contributed by atoms with Crippen LogP contribution < -0.4 is 16.0 Å². The number of hydrogen-bond donors (Lipinski definition) is 3. The van der Waals surface area contributed by atoms with Crippen molar-refractivity contribution in [2.24, 2.45) is 17.8 Å². The molecule has 1 aromatic carbocycles. The lowest BCUT2D eigenvalue weighted by Gasteiger charge is -2.35. The number of likely N-dealkylation sites (N-methyl/N-ethyl adjacent to an activating group) is 3. The van der Waals surface area contributed by atoms with Gasteiger partial charge >= 0.3 is 12.1 Å². The number of esters is 1. The van der Waals surface area contributed by atoms with Crippen LogP contribution in [0.25, 0.3) is 0 Å². The molecule has 0 saturated carbocycles. The monoisotopic (exact) mass is 852 g/mol. The maximum absolute atomic E-state index is 14.6. The van der Waals surface area contributed by atoms with E-state index in [9.17, 15) is 46.7 Å². The Morgan fingerprint density at radius 1 is 0.667 bits per heavy atom. The Kier molecular flexibility index (Phi) is 20.0. The number of ether oxygens (including phenoxy) is 1. The van der Waals surface area contributed by atoms with E-state index in [1.165, 1.54) is 25.9 Å². The number of benzene rings is 1. The summed E-state index contributed by atoms with van der Waals surface area (Å²) in [6, 6.07) is 0.363. The van der Waals surface area contributed by atoms with Gasteiger partial charge in [0.1, 0.15) is 36.3 Å². The van der Waals surface area contributed by atoms with Crippen molar-refractivity contribution < 1.29 is 51.5 Å². The number of carbonyl (C=O) groups is 7. The molecular weight excluding hydrogens is 786 g/mol. The Balaban J connectivity index is 2.84. The van der Waals surface area contributed by atoms with Gasteiger partial charge in [-0.2, -0.15) is 13.2 Å². The zero-order chi connectivity index (χ0) is 45.6. The van der Waals surface area contributed by atoms with E-state index in [-0.39, 0.29) is 43.4 Å². The second-order valence-corrected chi connectivity index (χ2v) is 17.1. The predicted octanol–water partition coefficient (Wildman–Crippen LogP) is 4.39. The maximum Gasteiger partial charge on any atom is 0.391 e. The van der Waals surface area contributed by atoms with Gasteiger partial charge in [-0.3, -0.25) is 28.8 Å². The fourth-order valence-electron chi connectivity index (χ4n) is 7.09. The van der Waals surface area contributed by atoms with E-state index in [0.29, 0.717) is 5.56 Å². The maximum atomic E-state index is 14.6. The molecule has 0 spiro atoms. The Hall–Kier alpha value is -4.70. The number of hydrogen-bond acceptors (Lipinski definition) is 8. The summed E-state index contributed by atoms with van der Waals surface area (Å²) in [5, 5.41) is 7.66. The van der Waals surface area contributed by atoms with Crippen LogP contribution in [0.4, 0.5) is 13.2 Å². The summed E-state index contributed by atoms with van der Waals surface area (Å²) in [6.45, 7) is 13.5. The molecule has 1 aromatic rings. The minimum absolute atomic E-state index is 0.0227. The molecule has 0 unspecified atom stereocenters. The van der Waals surface area contributed by atoms with Gasteiger partial charge in [-0.1, -0.05) is 91.1 Å². The van der Waals surface area contributed by atoms with Crippen molar-refractivity contribution in [2.75, 3.05) is 21.1 Å². The molecule has 60 heavy (non-hydrogen) atoms. The van der Waals surface area contributed by atoms with Crippen LogP contribution >= 0.6 is 0 Å². The number of rotatable bonds is 12. The smallest absolute Gasteiger partial charge is 0.391 e. The predicted molar refractivity (Wildman–Crippen MR) is 220 cm³/mol. The van der Waals surface area contributed by atoms with E-state index in [4.69, 9.17) is 4.74 Å². The van der Waals surface area contributed by atoms with E-state index >= 15 is 0 Å². The molecular formula is C43H67F3N6O8. The Bertz CT molecular complexity index is 1630. The molecule has 2 rings (SSSR count). The van der Waals surface area contributed by atoms with Gasteiger partial charge in [0.15, 0.2) is 6.10 Å². The zero-order valence-corrected chi connectivity index (χ0v) is 37.1. The van der Waals surface area contributed by atoms with Crippen molar-refractivity contribution in [3.8, 4) is 0 Å². The average Bonchev–Trinajstić information content (AvgIpc) is 3.17. The Morgan fingerprint density at radius 3 is 1.68 bits per heavy atom. The Labute approximate surface area is 353 Å². The number of amides is 6. The summed E-state index contributed by atoms with van der Waals surface area (Å²) in [6.07, 6.45) is -5.70. The third kappa shape index (κ3) is 15.7. The number of halogens is 3. The van der Waals surface area contributed by atoms with E-state index < -0.39 is 96.4 Å². The van der Waals surface area contributed by atoms with Gasteiger partial charge in [-0.25, -0.2) is 4.79 Å². The number of nitrogens with zero attached hydrogens (tertiary/aromatic N) is 3. The van der Waals surface area contributed by atoms with Crippen molar-refractivity contribution >= 4 is 41.4 Å². The summed E-state index contributed by atoms with van der Waals surface area (Å²) in [4.78, 5) is 101. The minimum Gasteiger partial charge on any atom is -0.451 e.